The lowest BCUT2D eigenvalue weighted by Gasteiger charge is -2.18. The van der Waals surface area contributed by atoms with Crippen molar-refractivity contribution in [2.24, 2.45) is 0 Å². The van der Waals surface area contributed by atoms with Crippen LogP contribution in [0.5, 0.6) is 5.75 Å². The molecule has 0 aliphatic heterocycles. The number of hydrogen-bond acceptors (Lipinski definition) is 4. The minimum absolute atomic E-state index is 0.307. The van der Waals surface area contributed by atoms with Gasteiger partial charge in [0.25, 0.3) is 0 Å². The number of carboxylic acid groups (broad SMARTS) is 2. The van der Waals surface area contributed by atoms with E-state index >= 15 is 0 Å². The molecule has 6 nitrogen and oxygen atoms in total. The Morgan fingerprint density at radius 1 is 1.05 bits per heavy atom. The molecule has 2 unspecified atom stereocenters. The monoisotopic (exact) mass is 303 g/mol. The normalized spacial score (nSPS) is 13.4. The van der Waals surface area contributed by atoms with E-state index in [0.717, 1.165) is 10.8 Å². The van der Waals surface area contributed by atoms with Crippen LogP contribution in [-0.2, 0) is 9.59 Å². The largest absolute Gasteiger partial charge is 0.480 e. The maximum atomic E-state index is 11.0. The molecule has 2 aromatic carbocycles. The van der Waals surface area contributed by atoms with Crippen molar-refractivity contribution < 1.29 is 24.5 Å². The molecule has 0 bridgehead atoms. The number of anilines is 1. The molecule has 0 saturated carbocycles. The maximum absolute atomic E-state index is 11.0. The number of rotatable bonds is 6. The van der Waals surface area contributed by atoms with Crippen molar-refractivity contribution in [1.82, 2.24) is 0 Å². The standard InChI is InChI=1S/C16H17NO5/c1-9(15(18)19)17-13-7-11-5-3-4-6-12(11)8-14(13)22-10(2)16(20)21/h3-10,17H,1-2H3,(H,18,19)(H,20,21). The Morgan fingerprint density at radius 2 is 1.64 bits per heavy atom. The Bertz CT molecular complexity index is 652. The van der Waals surface area contributed by atoms with E-state index in [4.69, 9.17) is 14.9 Å². The summed E-state index contributed by atoms with van der Waals surface area (Å²) in [6, 6.07) is 10.1. The molecule has 2 atom stereocenters. The number of hydrogen-bond donors (Lipinski definition) is 3. The SMILES string of the molecule is CC(Nc1cc2ccccc2cc1OC(C)C(=O)O)C(=O)O. The van der Waals surface area contributed by atoms with Crippen LogP contribution in [0.2, 0.25) is 0 Å². The Balaban J connectivity index is 2.44. The van der Waals surface area contributed by atoms with Crippen molar-refractivity contribution in [3.05, 3.63) is 36.4 Å². The summed E-state index contributed by atoms with van der Waals surface area (Å²) in [5.41, 5.74) is 0.446. The highest BCUT2D eigenvalue weighted by atomic mass is 16.5. The van der Waals surface area contributed by atoms with Crippen LogP contribution < -0.4 is 10.1 Å². The van der Waals surface area contributed by atoms with E-state index < -0.39 is 24.1 Å². The van der Waals surface area contributed by atoms with Crippen LogP contribution in [0.1, 0.15) is 13.8 Å². The number of aliphatic carboxylic acids is 2. The second-order valence-corrected chi connectivity index (χ2v) is 5.00. The molecule has 0 spiro atoms. The van der Waals surface area contributed by atoms with Gasteiger partial charge in [0.2, 0.25) is 0 Å². The quantitative estimate of drug-likeness (QED) is 0.759. The Morgan fingerprint density at radius 3 is 2.18 bits per heavy atom. The third kappa shape index (κ3) is 3.46. The smallest absolute Gasteiger partial charge is 0.344 e. The summed E-state index contributed by atoms with van der Waals surface area (Å²) in [6.45, 7) is 2.92. The molecule has 0 aliphatic rings. The highest BCUT2D eigenvalue weighted by molar-refractivity contribution is 5.90. The molecule has 0 aliphatic carbocycles. The maximum Gasteiger partial charge on any atom is 0.344 e. The van der Waals surface area contributed by atoms with Crippen molar-refractivity contribution in [2.45, 2.75) is 26.0 Å². The molecule has 2 aromatic rings. The minimum atomic E-state index is -1.09. The lowest BCUT2D eigenvalue weighted by Crippen LogP contribution is -2.27. The summed E-state index contributed by atoms with van der Waals surface area (Å²) < 4.78 is 5.44. The zero-order valence-electron chi connectivity index (χ0n) is 12.2. The molecule has 0 heterocycles. The van der Waals surface area contributed by atoms with E-state index in [9.17, 15) is 9.59 Å². The van der Waals surface area contributed by atoms with Crippen LogP contribution in [0.15, 0.2) is 36.4 Å². The molecule has 0 amide bonds. The topological polar surface area (TPSA) is 95.9 Å². The Hall–Kier alpha value is -2.76. The zero-order valence-corrected chi connectivity index (χ0v) is 12.2. The predicted molar refractivity (Wildman–Crippen MR) is 82.4 cm³/mol. The number of carboxylic acids is 2. The van der Waals surface area contributed by atoms with Gasteiger partial charge in [-0.2, -0.15) is 0 Å². The van der Waals surface area contributed by atoms with Gasteiger partial charge in [-0.25, -0.2) is 4.79 Å². The average molecular weight is 303 g/mol. The summed E-state index contributed by atoms with van der Waals surface area (Å²) in [7, 11) is 0. The number of ether oxygens (including phenoxy) is 1. The Kier molecular flexibility index (Phi) is 4.50. The van der Waals surface area contributed by atoms with Gasteiger partial charge >= 0.3 is 11.9 Å². The molecule has 0 radical (unpaired) electrons. The molecular weight excluding hydrogens is 286 g/mol. The van der Waals surface area contributed by atoms with Gasteiger partial charge in [-0.15, -0.1) is 0 Å². The van der Waals surface area contributed by atoms with E-state index in [-0.39, 0.29) is 0 Å². The highest BCUT2D eigenvalue weighted by Gasteiger charge is 2.18. The predicted octanol–water partition coefficient (Wildman–Crippen LogP) is 2.58. The summed E-state index contributed by atoms with van der Waals surface area (Å²) in [5.74, 6) is -1.79. The molecule has 22 heavy (non-hydrogen) atoms. The molecular formula is C16H17NO5. The fourth-order valence-corrected chi connectivity index (χ4v) is 1.97. The number of carbonyl (C=O) groups is 2. The third-order valence-electron chi connectivity index (χ3n) is 3.24. The molecule has 116 valence electrons. The summed E-state index contributed by atoms with van der Waals surface area (Å²) in [6.07, 6.45) is -1.04. The van der Waals surface area contributed by atoms with Crippen LogP contribution in [0, 0.1) is 0 Å². The molecule has 3 N–H and O–H groups in total. The van der Waals surface area contributed by atoms with Gasteiger partial charge in [-0.05, 0) is 36.8 Å². The van der Waals surface area contributed by atoms with Crippen LogP contribution >= 0.6 is 0 Å². The molecule has 6 heteroatoms. The second-order valence-electron chi connectivity index (χ2n) is 5.00. The third-order valence-corrected chi connectivity index (χ3v) is 3.24. The van der Waals surface area contributed by atoms with Crippen LogP contribution in [0.4, 0.5) is 5.69 Å². The van der Waals surface area contributed by atoms with Crippen molar-refractivity contribution in [3.8, 4) is 5.75 Å². The van der Waals surface area contributed by atoms with E-state index in [0.29, 0.717) is 11.4 Å². The van der Waals surface area contributed by atoms with Crippen LogP contribution in [0.25, 0.3) is 10.8 Å². The lowest BCUT2D eigenvalue weighted by atomic mass is 10.1. The van der Waals surface area contributed by atoms with E-state index in [2.05, 4.69) is 5.32 Å². The van der Waals surface area contributed by atoms with Gasteiger partial charge in [0.15, 0.2) is 6.10 Å². The summed E-state index contributed by atoms with van der Waals surface area (Å²) in [4.78, 5) is 22.0. The number of nitrogens with one attached hydrogen (secondary N) is 1. The highest BCUT2D eigenvalue weighted by Crippen LogP contribution is 2.31. The first-order valence-corrected chi connectivity index (χ1v) is 6.80. The lowest BCUT2D eigenvalue weighted by molar-refractivity contribution is -0.144. The zero-order chi connectivity index (χ0) is 16.3. The van der Waals surface area contributed by atoms with Gasteiger partial charge in [0.05, 0.1) is 5.69 Å². The van der Waals surface area contributed by atoms with Gasteiger partial charge in [-0.3, -0.25) is 4.79 Å². The number of benzene rings is 2. The van der Waals surface area contributed by atoms with Gasteiger partial charge in [0.1, 0.15) is 11.8 Å². The van der Waals surface area contributed by atoms with Gasteiger partial charge < -0.3 is 20.3 Å². The van der Waals surface area contributed by atoms with E-state index in [1.54, 1.807) is 12.1 Å². The van der Waals surface area contributed by atoms with Crippen LogP contribution in [0.3, 0.4) is 0 Å². The fourth-order valence-electron chi connectivity index (χ4n) is 1.97. The minimum Gasteiger partial charge on any atom is -0.480 e. The van der Waals surface area contributed by atoms with Crippen LogP contribution in [-0.4, -0.2) is 34.3 Å². The van der Waals surface area contributed by atoms with Crippen molar-refractivity contribution >= 4 is 28.4 Å². The Labute approximate surface area is 127 Å². The first-order chi connectivity index (χ1) is 10.4. The average Bonchev–Trinajstić information content (AvgIpc) is 2.47. The van der Waals surface area contributed by atoms with Gasteiger partial charge in [-0.1, -0.05) is 24.3 Å². The molecule has 2 rings (SSSR count). The molecule has 0 fully saturated rings. The van der Waals surface area contributed by atoms with Gasteiger partial charge in [0, 0.05) is 0 Å². The molecule has 0 saturated heterocycles. The second kappa shape index (κ2) is 6.34. The fraction of sp³-hybridized carbons (Fsp3) is 0.250. The first-order valence-electron chi connectivity index (χ1n) is 6.80. The summed E-state index contributed by atoms with van der Waals surface area (Å²) in [5, 5.41) is 22.6. The van der Waals surface area contributed by atoms with E-state index in [1.165, 1.54) is 13.8 Å². The van der Waals surface area contributed by atoms with Crippen molar-refractivity contribution in [3.63, 3.8) is 0 Å². The van der Waals surface area contributed by atoms with Crippen molar-refractivity contribution in [1.29, 1.82) is 0 Å². The number of fused-ring (bicyclic) bond motifs is 1. The van der Waals surface area contributed by atoms with Crippen molar-refractivity contribution in [2.75, 3.05) is 5.32 Å². The first kappa shape index (κ1) is 15.6. The molecule has 0 aromatic heterocycles. The van der Waals surface area contributed by atoms with E-state index in [1.807, 2.05) is 24.3 Å². The summed E-state index contributed by atoms with van der Waals surface area (Å²) >= 11 is 0.